The summed E-state index contributed by atoms with van der Waals surface area (Å²) in [5.41, 5.74) is 7.96. The van der Waals surface area contributed by atoms with E-state index in [0.717, 1.165) is 17.7 Å². The van der Waals surface area contributed by atoms with E-state index in [-0.39, 0.29) is 0 Å². The topological polar surface area (TPSA) is 68.0 Å². The zero-order chi connectivity index (χ0) is 12.8. The van der Waals surface area contributed by atoms with Crippen molar-refractivity contribution in [2.24, 2.45) is 5.73 Å². The Morgan fingerprint density at radius 1 is 1.11 bits per heavy atom. The van der Waals surface area contributed by atoms with Crippen LogP contribution in [0.4, 0.5) is 0 Å². The van der Waals surface area contributed by atoms with Gasteiger partial charge in [0.25, 0.3) is 0 Å². The fourth-order valence-electron chi connectivity index (χ4n) is 1.76. The van der Waals surface area contributed by atoms with Crippen LogP contribution >= 0.6 is 0 Å². The van der Waals surface area contributed by atoms with Gasteiger partial charge in [0.2, 0.25) is 5.91 Å². The smallest absolute Gasteiger partial charge is 0.249 e. The van der Waals surface area contributed by atoms with Crippen molar-refractivity contribution in [3.8, 4) is 0 Å². The Morgan fingerprint density at radius 2 is 1.83 bits per heavy atom. The second-order valence-electron chi connectivity index (χ2n) is 3.98. The van der Waals surface area contributed by atoms with Crippen molar-refractivity contribution in [2.45, 2.75) is 13.1 Å². The van der Waals surface area contributed by atoms with Crippen molar-refractivity contribution in [1.82, 2.24) is 10.3 Å². The maximum Gasteiger partial charge on any atom is 0.249 e. The van der Waals surface area contributed by atoms with Crippen LogP contribution in [0.15, 0.2) is 48.8 Å². The van der Waals surface area contributed by atoms with Gasteiger partial charge in [-0.1, -0.05) is 18.2 Å². The molecule has 3 N–H and O–H groups in total. The van der Waals surface area contributed by atoms with E-state index in [1.165, 1.54) is 0 Å². The molecule has 4 nitrogen and oxygen atoms in total. The molecule has 92 valence electrons. The van der Waals surface area contributed by atoms with Crippen LogP contribution in [0.5, 0.6) is 0 Å². The third-order valence-electron chi connectivity index (χ3n) is 2.68. The first-order valence-corrected chi connectivity index (χ1v) is 5.74. The summed E-state index contributed by atoms with van der Waals surface area (Å²) in [4.78, 5) is 15.2. The third-order valence-corrected chi connectivity index (χ3v) is 2.68. The van der Waals surface area contributed by atoms with Crippen LogP contribution < -0.4 is 11.1 Å². The Hall–Kier alpha value is -2.20. The minimum atomic E-state index is -0.392. The molecular formula is C14H15N3O. The number of benzene rings is 1. The van der Waals surface area contributed by atoms with Gasteiger partial charge < -0.3 is 11.1 Å². The minimum absolute atomic E-state index is 0.392. The fourth-order valence-corrected chi connectivity index (χ4v) is 1.76. The number of hydrogen-bond acceptors (Lipinski definition) is 3. The molecule has 18 heavy (non-hydrogen) atoms. The van der Waals surface area contributed by atoms with Crippen LogP contribution in [0.1, 0.15) is 21.5 Å². The molecule has 2 rings (SSSR count). The van der Waals surface area contributed by atoms with E-state index in [1.54, 1.807) is 18.5 Å². The molecular weight excluding hydrogens is 226 g/mol. The van der Waals surface area contributed by atoms with Gasteiger partial charge in [-0.25, -0.2) is 0 Å². The monoisotopic (exact) mass is 241 g/mol. The van der Waals surface area contributed by atoms with E-state index in [1.807, 2.05) is 30.3 Å². The lowest BCUT2D eigenvalue weighted by atomic mass is 10.1. The van der Waals surface area contributed by atoms with E-state index >= 15 is 0 Å². The van der Waals surface area contributed by atoms with Crippen LogP contribution in [-0.4, -0.2) is 10.9 Å². The van der Waals surface area contributed by atoms with Gasteiger partial charge in [-0.3, -0.25) is 9.78 Å². The number of primary amides is 1. The number of nitrogens with zero attached hydrogens (tertiary/aromatic N) is 1. The molecule has 4 heteroatoms. The first-order valence-electron chi connectivity index (χ1n) is 5.74. The molecule has 0 aliphatic rings. The molecule has 0 aliphatic carbocycles. The van der Waals surface area contributed by atoms with Gasteiger partial charge in [-0.2, -0.15) is 0 Å². The minimum Gasteiger partial charge on any atom is -0.366 e. The Bertz CT molecular complexity index is 526. The molecule has 1 amide bonds. The normalized spacial score (nSPS) is 10.2. The number of nitrogens with one attached hydrogen (secondary N) is 1. The van der Waals surface area contributed by atoms with Crippen molar-refractivity contribution in [3.05, 3.63) is 65.5 Å². The Labute approximate surface area is 106 Å². The maximum absolute atomic E-state index is 11.2. The predicted molar refractivity (Wildman–Crippen MR) is 69.7 cm³/mol. The number of rotatable bonds is 5. The average Bonchev–Trinajstić information content (AvgIpc) is 2.40. The van der Waals surface area contributed by atoms with Crippen LogP contribution in [-0.2, 0) is 13.1 Å². The number of pyridine rings is 1. The number of nitrogens with two attached hydrogens (primary N) is 1. The summed E-state index contributed by atoms with van der Waals surface area (Å²) in [5.74, 6) is -0.392. The summed E-state index contributed by atoms with van der Waals surface area (Å²) in [5, 5.41) is 3.28. The van der Waals surface area contributed by atoms with Crippen molar-refractivity contribution in [1.29, 1.82) is 0 Å². The van der Waals surface area contributed by atoms with Gasteiger partial charge in [0.15, 0.2) is 0 Å². The second kappa shape index (κ2) is 5.93. The predicted octanol–water partition coefficient (Wildman–Crippen LogP) is 1.47. The largest absolute Gasteiger partial charge is 0.366 e. The van der Waals surface area contributed by atoms with Gasteiger partial charge in [0.1, 0.15) is 0 Å². The summed E-state index contributed by atoms with van der Waals surface area (Å²) in [7, 11) is 0. The van der Waals surface area contributed by atoms with E-state index in [2.05, 4.69) is 10.3 Å². The summed E-state index contributed by atoms with van der Waals surface area (Å²) in [6.07, 6.45) is 3.52. The molecule has 0 radical (unpaired) electrons. The molecule has 1 aromatic carbocycles. The van der Waals surface area contributed by atoms with Gasteiger partial charge >= 0.3 is 0 Å². The van der Waals surface area contributed by atoms with Crippen LogP contribution in [0.25, 0.3) is 0 Å². The van der Waals surface area contributed by atoms with Gasteiger partial charge in [-0.05, 0) is 29.3 Å². The highest BCUT2D eigenvalue weighted by Crippen LogP contribution is 2.08. The molecule has 0 spiro atoms. The lowest BCUT2D eigenvalue weighted by Gasteiger charge is -2.08. The molecule has 1 aromatic heterocycles. The quantitative estimate of drug-likeness (QED) is 0.833. The number of carbonyl (C=O) groups is 1. The molecule has 0 saturated carbocycles. The summed E-state index contributed by atoms with van der Waals surface area (Å²) in [6, 6.07) is 11.3. The lowest BCUT2D eigenvalue weighted by Crippen LogP contribution is -2.18. The molecule has 0 unspecified atom stereocenters. The molecule has 0 bridgehead atoms. The molecule has 0 fully saturated rings. The summed E-state index contributed by atoms with van der Waals surface area (Å²) in [6.45, 7) is 1.34. The lowest BCUT2D eigenvalue weighted by molar-refractivity contribution is 0.0999. The first-order chi connectivity index (χ1) is 8.77. The molecule has 0 aliphatic heterocycles. The SMILES string of the molecule is NC(=O)c1ccccc1CNCc1ccncc1. The van der Waals surface area contributed by atoms with Crippen molar-refractivity contribution >= 4 is 5.91 Å². The van der Waals surface area contributed by atoms with Gasteiger partial charge in [-0.15, -0.1) is 0 Å². The Morgan fingerprint density at radius 3 is 2.56 bits per heavy atom. The van der Waals surface area contributed by atoms with Crippen LogP contribution in [0.2, 0.25) is 0 Å². The highest BCUT2D eigenvalue weighted by atomic mass is 16.1. The van der Waals surface area contributed by atoms with Crippen LogP contribution in [0.3, 0.4) is 0 Å². The van der Waals surface area contributed by atoms with Crippen LogP contribution in [0, 0.1) is 0 Å². The highest BCUT2D eigenvalue weighted by molar-refractivity contribution is 5.94. The van der Waals surface area contributed by atoms with Crippen molar-refractivity contribution in [2.75, 3.05) is 0 Å². The number of carbonyl (C=O) groups excluding carboxylic acids is 1. The number of aromatic nitrogens is 1. The van der Waals surface area contributed by atoms with Crippen molar-refractivity contribution < 1.29 is 4.79 Å². The zero-order valence-electron chi connectivity index (χ0n) is 9.97. The second-order valence-corrected chi connectivity index (χ2v) is 3.98. The van der Waals surface area contributed by atoms with E-state index < -0.39 is 5.91 Å². The molecule has 0 saturated heterocycles. The fraction of sp³-hybridized carbons (Fsp3) is 0.143. The van der Waals surface area contributed by atoms with Crippen molar-refractivity contribution in [3.63, 3.8) is 0 Å². The standard InChI is InChI=1S/C14H15N3O/c15-14(18)13-4-2-1-3-12(13)10-17-9-11-5-7-16-8-6-11/h1-8,17H,9-10H2,(H2,15,18). The van der Waals surface area contributed by atoms with E-state index in [0.29, 0.717) is 12.1 Å². The maximum atomic E-state index is 11.2. The molecule has 2 aromatic rings. The van der Waals surface area contributed by atoms with Gasteiger partial charge in [0, 0.05) is 31.0 Å². The zero-order valence-corrected chi connectivity index (χ0v) is 9.97. The first kappa shape index (κ1) is 12.3. The van der Waals surface area contributed by atoms with Gasteiger partial charge in [0.05, 0.1) is 0 Å². The molecule has 1 heterocycles. The number of hydrogen-bond donors (Lipinski definition) is 2. The van der Waals surface area contributed by atoms with E-state index in [9.17, 15) is 4.79 Å². The average molecular weight is 241 g/mol. The summed E-state index contributed by atoms with van der Waals surface area (Å²) < 4.78 is 0. The Balaban J connectivity index is 1.97. The number of amides is 1. The molecule has 0 atom stereocenters. The Kier molecular flexibility index (Phi) is 4.04. The third kappa shape index (κ3) is 3.15. The van der Waals surface area contributed by atoms with E-state index in [4.69, 9.17) is 5.73 Å². The highest BCUT2D eigenvalue weighted by Gasteiger charge is 2.06. The summed E-state index contributed by atoms with van der Waals surface area (Å²) >= 11 is 0.